The number of amides is 2. The molecule has 1 heterocycles. The second kappa shape index (κ2) is 5.25. The van der Waals surface area contributed by atoms with E-state index in [1.54, 1.807) is 24.3 Å². The summed E-state index contributed by atoms with van der Waals surface area (Å²) in [6, 6.07) is 6.61. The molecule has 1 saturated heterocycles. The van der Waals surface area contributed by atoms with Gasteiger partial charge in [0.1, 0.15) is 0 Å². The fourth-order valence-corrected chi connectivity index (χ4v) is 3.29. The van der Waals surface area contributed by atoms with Crippen molar-refractivity contribution in [3.05, 3.63) is 35.4 Å². The summed E-state index contributed by atoms with van der Waals surface area (Å²) >= 11 is 1.88. The third-order valence-corrected chi connectivity index (χ3v) is 4.40. The molecule has 2 amide bonds. The molecule has 1 fully saturated rings. The van der Waals surface area contributed by atoms with Crippen molar-refractivity contribution in [2.24, 2.45) is 5.73 Å². The van der Waals surface area contributed by atoms with Crippen molar-refractivity contribution in [1.29, 1.82) is 0 Å². The van der Waals surface area contributed by atoms with Gasteiger partial charge in [0.25, 0.3) is 5.91 Å². The van der Waals surface area contributed by atoms with Crippen LogP contribution in [0, 0.1) is 0 Å². The average Bonchev–Trinajstić information content (AvgIpc) is 2.37. The predicted molar refractivity (Wildman–Crippen MR) is 77.4 cm³/mol. The van der Waals surface area contributed by atoms with E-state index in [0.717, 1.165) is 18.8 Å². The molecule has 2 N–H and O–H groups in total. The Morgan fingerprint density at radius 3 is 2.63 bits per heavy atom. The highest BCUT2D eigenvalue weighted by atomic mass is 32.2. The van der Waals surface area contributed by atoms with E-state index in [1.165, 1.54) is 0 Å². The standard InChI is InChI=1S/C14H18N2O2S/c1-14(2)9-16(6-7-19-14)13(18)11-5-3-4-10(8-11)12(15)17/h3-5,8H,6-7,9H2,1-2H3,(H2,15,17). The number of thioether (sulfide) groups is 1. The first-order valence-corrected chi connectivity index (χ1v) is 7.21. The van der Waals surface area contributed by atoms with Crippen LogP contribution < -0.4 is 5.73 Å². The molecule has 0 atom stereocenters. The zero-order chi connectivity index (χ0) is 14.0. The lowest BCUT2D eigenvalue weighted by Crippen LogP contribution is -2.46. The molecular weight excluding hydrogens is 260 g/mol. The molecule has 1 aromatic carbocycles. The minimum Gasteiger partial charge on any atom is -0.366 e. The number of carbonyl (C=O) groups is 2. The van der Waals surface area contributed by atoms with Gasteiger partial charge >= 0.3 is 0 Å². The molecule has 1 aromatic rings. The predicted octanol–water partition coefficient (Wildman–Crippen LogP) is 1.75. The highest BCUT2D eigenvalue weighted by molar-refractivity contribution is 8.00. The van der Waals surface area contributed by atoms with Crippen LogP contribution in [0.4, 0.5) is 0 Å². The first kappa shape index (κ1) is 13.9. The minimum absolute atomic E-state index is 0.0310. The Hall–Kier alpha value is -1.49. The zero-order valence-corrected chi connectivity index (χ0v) is 12.0. The molecule has 0 bridgehead atoms. The van der Waals surface area contributed by atoms with Crippen LogP contribution in [-0.4, -0.2) is 40.3 Å². The van der Waals surface area contributed by atoms with Gasteiger partial charge in [0.2, 0.25) is 5.91 Å². The number of primary amides is 1. The van der Waals surface area contributed by atoms with Crippen LogP contribution in [-0.2, 0) is 0 Å². The van der Waals surface area contributed by atoms with Crippen LogP contribution in [0.1, 0.15) is 34.6 Å². The van der Waals surface area contributed by atoms with E-state index in [2.05, 4.69) is 13.8 Å². The maximum Gasteiger partial charge on any atom is 0.253 e. The molecule has 4 nitrogen and oxygen atoms in total. The van der Waals surface area contributed by atoms with Gasteiger partial charge in [0, 0.05) is 34.7 Å². The van der Waals surface area contributed by atoms with Crippen molar-refractivity contribution in [1.82, 2.24) is 4.90 Å². The average molecular weight is 278 g/mol. The second-order valence-corrected chi connectivity index (χ2v) is 7.08. The number of carbonyl (C=O) groups excluding carboxylic acids is 2. The molecule has 0 unspecified atom stereocenters. The summed E-state index contributed by atoms with van der Waals surface area (Å²) in [5, 5.41) is 0. The summed E-state index contributed by atoms with van der Waals surface area (Å²) in [6.45, 7) is 5.74. The lowest BCUT2D eigenvalue weighted by molar-refractivity contribution is 0.0748. The van der Waals surface area contributed by atoms with E-state index in [0.29, 0.717) is 11.1 Å². The smallest absolute Gasteiger partial charge is 0.253 e. The highest BCUT2D eigenvalue weighted by Gasteiger charge is 2.30. The van der Waals surface area contributed by atoms with Gasteiger partial charge in [-0.2, -0.15) is 11.8 Å². The SMILES string of the molecule is CC1(C)CN(C(=O)c2cccc(C(N)=O)c2)CCS1. The van der Waals surface area contributed by atoms with E-state index in [1.807, 2.05) is 16.7 Å². The Bertz CT molecular complexity index is 514. The van der Waals surface area contributed by atoms with Crippen LogP contribution in [0.15, 0.2) is 24.3 Å². The number of hydrogen-bond donors (Lipinski definition) is 1. The van der Waals surface area contributed by atoms with Gasteiger partial charge in [-0.05, 0) is 32.0 Å². The maximum absolute atomic E-state index is 12.4. The van der Waals surface area contributed by atoms with Crippen molar-refractivity contribution >= 4 is 23.6 Å². The molecule has 0 aromatic heterocycles. The first-order valence-electron chi connectivity index (χ1n) is 6.22. The minimum atomic E-state index is -0.510. The van der Waals surface area contributed by atoms with Crippen molar-refractivity contribution in [2.75, 3.05) is 18.8 Å². The molecule has 102 valence electrons. The molecule has 1 aliphatic heterocycles. The molecule has 0 saturated carbocycles. The molecule has 0 aliphatic carbocycles. The van der Waals surface area contributed by atoms with Crippen molar-refractivity contribution in [2.45, 2.75) is 18.6 Å². The van der Waals surface area contributed by atoms with Crippen LogP contribution in [0.2, 0.25) is 0 Å². The highest BCUT2D eigenvalue weighted by Crippen LogP contribution is 2.30. The van der Waals surface area contributed by atoms with Crippen molar-refractivity contribution in [3.63, 3.8) is 0 Å². The van der Waals surface area contributed by atoms with E-state index < -0.39 is 5.91 Å². The largest absolute Gasteiger partial charge is 0.366 e. The summed E-state index contributed by atoms with van der Waals surface area (Å²) in [5.74, 6) is 0.398. The number of benzene rings is 1. The topological polar surface area (TPSA) is 63.4 Å². The summed E-state index contributed by atoms with van der Waals surface area (Å²) in [7, 11) is 0. The number of rotatable bonds is 2. The van der Waals surface area contributed by atoms with Crippen LogP contribution in [0.3, 0.4) is 0 Å². The normalized spacial score (nSPS) is 18.1. The Morgan fingerprint density at radius 1 is 1.32 bits per heavy atom. The molecule has 0 spiro atoms. The fraction of sp³-hybridized carbons (Fsp3) is 0.429. The van der Waals surface area contributed by atoms with E-state index in [-0.39, 0.29) is 10.7 Å². The zero-order valence-electron chi connectivity index (χ0n) is 11.2. The van der Waals surface area contributed by atoms with Gasteiger partial charge in [-0.15, -0.1) is 0 Å². The fourth-order valence-electron chi connectivity index (χ4n) is 2.18. The Morgan fingerprint density at radius 2 is 2.00 bits per heavy atom. The van der Waals surface area contributed by atoms with E-state index >= 15 is 0 Å². The van der Waals surface area contributed by atoms with Gasteiger partial charge in [0.05, 0.1) is 0 Å². The van der Waals surface area contributed by atoms with Gasteiger partial charge in [-0.25, -0.2) is 0 Å². The summed E-state index contributed by atoms with van der Waals surface area (Å²) < 4.78 is 0.0786. The van der Waals surface area contributed by atoms with Gasteiger partial charge in [0.15, 0.2) is 0 Å². The number of hydrogen-bond acceptors (Lipinski definition) is 3. The van der Waals surface area contributed by atoms with Crippen molar-refractivity contribution in [3.8, 4) is 0 Å². The van der Waals surface area contributed by atoms with Gasteiger partial charge in [-0.3, -0.25) is 9.59 Å². The summed E-state index contributed by atoms with van der Waals surface area (Å²) in [4.78, 5) is 25.4. The third kappa shape index (κ3) is 3.29. The monoisotopic (exact) mass is 278 g/mol. The second-order valence-electron chi connectivity index (χ2n) is 5.28. The van der Waals surface area contributed by atoms with Crippen molar-refractivity contribution < 1.29 is 9.59 Å². The summed E-state index contributed by atoms with van der Waals surface area (Å²) in [5.41, 5.74) is 6.14. The van der Waals surface area contributed by atoms with Crippen LogP contribution in [0.25, 0.3) is 0 Å². The first-order chi connectivity index (χ1) is 8.89. The van der Waals surface area contributed by atoms with E-state index in [4.69, 9.17) is 5.73 Å². The van der Waals surface area contributed by atoms with E-state index in [9.17, 15) is 9.59 Å². The maximum atomic E-state index is 12.4. The third-order valence-electron chi connectivity index (χ3n) is 3.11. The Kier molecular flexibility index (Phi) is 3.85. The van der Waals surface area contributed by atoms with Gasteiger partial charge < -0.3 is 10.6 Å². The van der Waals surface area contributed by atoms with Crippen LogP contribution >= 0.6 is 11.8 Å². The Labute approximate surface area is 117 Å². The van der Waals surface area contributed by atoms with Gasteiger partial charge in [-0.1, -0.05) is 6.07 Å². The molecule has 0 radical (unpaired) electrons. The lowest BCUT2D eigenvalue weighted by Gasteiger charge is -2.37. The number of nitrogens with two attached hydrogens (primary N) is 1. The molecule has 2 rings (SSSR count). The lowest BCUT2D eigenvalue weighted by atomic mass is 10.1. The quantitative estimate of drug-likeness (QED) is 0.896. The number of nitrogens with zero attached hydrogens (tertiary/aromatic N) is 1. The molecule has 1 aliphatic rings. The molecular formula is C14H18N2O2S. The Balaban J connectivity index is 2.19. The van der Waals surface area contributed by atoms with Crippen LogP contribution in [0.5, 0.6) is 0 Å². The molecule has 5 heteroatoms. The molecule has 19 heavy (non-hydrogen) atoms. The summed E-state index contributed by atoms with van der Waals surface area (Å²) in [6.07, 6.45) is 0.